The molecule has 2 aliphatic heterocycles. The molecule has 3 aromatic rings. The molecule has 1 amide bonds. The van der Waals surface area contributed by atoms with Crippen molar-refractivity contribution in [3.05, 3.63) is 64.2 Å². The minimum Gasteiger partial charge on any atom is -0.508 e. The topological polar surface area (TPSA) is 78.7 Å². The van der Waals surface area contributed by atoms with Crippen molar-refractivity contribution in [3.63, 3.8) is 0 Å². The highest BCUT2D eigenvalue weighted by Crippen LogP contribution is 2.21. The summed E-state index contributed by atoms with van der Waals surface area (Å²) >= 11 is 0. The first-order valence-electron chi connectivity index (χ1n) is 9.97. The summed E-state index contributed by atoms with van der Waals surface area (Å²) in [7, 11) is 0. The summed E-state index contributed by atoms with van der Waals surface area (Å²) in [6, 6.07) is 12.4. The molecule has 0 bridgehead atoms. The molecule has 0 spiro atoms. The molecule has 0 saturated carbocycles. The van der Waals surface area contributed by atoms with Crippen molar-refractivity contribution >= 4 is 22.5 Å². The molecule has 0 unspecified atom stereocenters. The number of nitrogens with zero attached hydrogens (tertiary/aromatic N) is 4. The van der Waals surface area contributed by atoms with Gasteiger partial charge in [-0.1, -0.05) is 0 Å². The van der Waals surface area contributed by atoms with Crippen LogP contribution in [0.2, 0.25) is 0 Å². The lowest BCUT2D eigenvalue weighted by molar-refractivity contribution is 0.0747. The van der Waals surface area contributed by atoms with Gasteiger partial charge >= 0.3 is 0 Å². The Morgan fingerprint density at radius 1 is 0.966 bits per heavy atom. The molecule has 7 nitrogen and oxygen atoms in total. The number of amides is 1. The zero-order valence-corrected chi connectivity index (χ0v) is 16.0. The van der Waals surface area contributed by atoms with Gasteiger partial charge in [-0.3, -0.25) is 14.2 Å². The lowest BCUT2D eigenvalue weighted by atomic mass is 10.1. The molecule has 2 aliphatic rings. The van der Waals surface area contributed by atoms with E-state index in [-0.39, 0.29) is 17.2 Å². The third-order valence-electron chi connectivity index (χ3n) is 5.85. The molecular weight excluding hydrogens is 368 g/mol. The maximum atomic E-state index is 13.0. The highest BCUT2D eigenvalue weighted by molar-refractivity contribution is 5.97. The number of benzene rings is 2. The fraction of sp³-hybridized carbons (Fsp3) is 0.318. The summed E-state index contributed by atoms with van der Waals surface area (Å²) in [5, 5.41) is 10.0. The van der Waals surface area contributed by atoms with Gasteiger partial charge in [-0.05, 0) is 48.9 Å². The number of fused-ring (bicyclic) bond motifs is 2. The van der Waals surface area contributed by atoms with Crippen LogP contribution in [0.1, 0.15) is 22.6 Å². The van der Waals surface area contributed by atoms with Gasteiger partial charge in [0.25, 0.3) is 11.5 Å². The van der Waals surface area contributed by atoms with Crippen LogP contribution in [0.25, 0.3) is 10.9 Å². The SMILES string of the molecule is O=C(c1ccc2c(=O)n3c(nc2c1)CCC3)N1CCN(c2ccc(O)cc2)CC1. The molecule has 3 heterocycles. The highest BCUT2D eigenvalue weighted by Gasteiger charge is 2.23. The molecule has 0 aliphatic carbocycles. The van der Waals surface area contributed by atoms with Crippen LogP contribution >= 0.6 is 0 Å². The quantitative estimate of drug-likeness (QED) is 0.724. The van der Waals surface area contributed by atoms with Crippen LogP contribution in [0.5, 0.6) is 5.75 Å². The van der Waals surface area contributed by atoms with Crippen LogP contribution in [0.15, 0.2) is 47.3 Å². The molecule has 0 radical (unpaired) electrons. The summed E-state index contributed by atoms with van der Waals surface area (Å²) in [5.41, 5.74) is 2.21. The zero-order valence-electron chi connectivity index (χ0n) is 16.0. The lowest BCUT2D eigenvalue weighted by Crippen LogP contribution is -2.48. The first-order valence-corrected chi connectivity index (χ1v) is 9.97. The molecule has 2 aromatic carbocycles. The van der Waals surface area contributed by atoms with Gasteiger partial charge < -0.3 is 14.9 Å². The number of carbonyl (C=O) groups excluding carboxylic acids is 1. The van der Waals surface area contributed by atoms with E-state index in [0.717, 1.165) is 44.0 Å². The van der Waals surface area contributed by atoms with E-state index in [1.165, 1.54) is 0 Å². The van der Waals surface area contributed by atoms with Crippen LogP contribution in [-0.2, 0) is 13.0 Å². The van der Waals surface area contributed by atoms with Gasteiger partial charge in [0, 0.05) is 50.4 Å². The van der Waals surface area contributed by atoms with E-state index in [9.17, 15) is 14.7 Å². The predicted octanol–water partition coefficient (Wildman–Crippen LogP) is 2.01. The molecule has 148 valence electrons. The molecule has 1 fully saturated rings. The van der Waals surface area contributed by atoms with Gasteiger partial charge in [0.15, 0.2) is 0 Å². The molecule has 1 saturated heterocycles. The molecule has 0 atom stereocenters. The first kappa shape index (κ1) is 17.7. The van der Waals surface area contributed by atoms with E-state index in [4.69, 9.17) is 0 Å². The van der Waals surface area contributed by atoms with Gasteiger partial charge in [-0.25, -0.2) is 4.98 Å². The fourth-order valence-electron chi connectivity index (χ4n) is 4.23. The first-order chi connectivity index (χ1) is 14.1. The Kier molecular flexibility index (Phi) is 4.23. The molecular formula is C22H22N4O3. The van der Waals surface area contributed by atoms with Crippen molar-refractivity contribution in [2.75, 3.05) is 31.1 Å². The Bertz CT molecular complexity index is 1150. The summed E-state index contributed by atoms with van der Waals surface area (Å²) in [4.78, 5) is 34.3. The zero-order chi connectivity index (χ0) is 20.0. The minimum atomic E-state index is -0.0281. The number of anilines is 1. The molecule has 1 N–H and O–H groups in total. The monoisotopic (exact) mass is 390 g/mol. The number of rotatable bonds is 2. The third-order valence-corrected chi connectivity index (χ3v) is 5.85. The van der Waals surface area contributed by atoms with E-state index in [1.807, 2.05) is 17.0 Å². The van der Waals surface area contributed by atoms with Gasteiger partial charge in [0.1, 0.15) is 11.6 Å². The standard InChI is InChI=1S/C22H22N4O3/c27-17-6-4-16(5-7-17)24-10-12-25(13-11-24)21(28)15-3-8-18-19(14-15)23-20-2-1-9-26(20)22(18)29/h3-8,14,27H,1-2,9-13H2. The summed E-state index contributed by atoms with van der Waals surface area (Å²) < 4.78 is 1.74. The molecule has 5 rings (SSSR count). The fourth-order valence-corrected chi connectivity index (χ4v) is 4.23. The summed E-state index contributed by atoms with van der Waals surface area (Å²) in [5.74, 6) is 1.03. The number of hydrogen-bond acceptors (Lipinski definition) is 5. The lowest BCUT2D eigenvalue weighted by Gasteiger charge is -2.36. The van der Waals surface area contributed by atoms with Crippen LogP contribution in [0, 0.1) is 0 Å². The average molecular weight is 390 g/mol. The van der Waals surface area contributed by atoms with Crippen LogP contribution in [-0.4, -0.2) is 51.6 Å². The van der Waals surface area contributed by atoms with Gasteiger partial charge in [-0.15, -0.1) is 0 Å². The Hall–Kier alpha value is -3.35. The summed E-state index contributed by atoms with van der Waals surface area (Å²) in [6.07, 6.45) is 1.75. The van der Waals surface area contributed by atoms with Crippen LogP contribution < -0.4 is 10.5 Å². The number of hydrogen-bond donors (Lipinski definition) is 1. The normalized spacial score (nSPS) is 16.3. The Labute approximate surface area is 167 Å². The number of piperazine rings is 1. The Morgan fingerprint density at radius 3 is 2.48 bits per heavy atom. The number of aryl methyl sites for hydroxylation is 1. The van der Waals surface area contributed by atoms with Crippen LogP contribution in [0.4, 0.5) is 5.69 Å². The number of aromatic hydroxyl groups is 1. The van der Waals surface area contributed by atoms with Crippen molar-refractivity contribution in [1.29, 1.82) is 0 Å². The predicted molar refractivity (Wildman–Crippen MR) is 111 cm³/mol. The molecule has 1 aromatic heterocycles. The molecule has 7 heteroatoms. The number of phenolic OH excluding ortho intramolecular Hbond substituents is 1. The van der Waals surface area contributed by atoms with Gasteiger partial charge in [0.05, 0.1) is 10.9 Å². The van der Waals surface area contributed by atoms with Crippen LogP contribution in [0.3, 0.4) is 0 Å². The molecule has 29 heavy (non-hydrogen) atoms. The Morgan fingerprint density at radius 2 is 1.72 bits per heavy atom. The number of phenols is 1. The van der Waals surface area contributed by atoms with Crippen molar-refractivity contribution in [3.8, 4) is 5.75 Å². The second kappa shape index (κ2) is 6.92. The minimum absolute atomic E-state index is 0.0102. The number of carbonyl (C=O) groups is 1. The van der Waals surface area contributed by atoms with Crippen molar-refractivity contribution < 1.29 is 9.90 Å². The van der Waals surface area contributed by atoms with Crippen molar-refractivity contribution in [2.24, 2.45) is 0 Å². The summed E-state index contributed by atoms with van der Waals surface area (Å²) in [6.45, 7) is 3.44. The van der Waals surface area contributed by atoms with E-state index in [2.05, 4.69) is 9.88 Å². The van der Waals surface area contributed by atoms with Gasteiger partial charge in [-0.2, -0.15) is 0 Å². The highest BCUT2D eigenvalue weighted by atomic mass is 16.3. The second-order valence-electron chi connectivity index (χ2n) is 7.62. The van der Waals surface area contributed by atoms with E-state index in [0.29, 0.717) is 29.6 Å². The Balaban J connectivity index is 1.34. The second-order valence-corrected chi connectivity index (χ2v) is 7.62. The van der Waals surface area contributed by atoms with E-state index in [1.54, 1.807) is 34.9 Å². The third kappa shape index (κ3) is 3.12. The van der Waals surface area contributed by atoms with Crippen molar-refractivity contribution in [2.45, 2.75) is 19.4 Å². The van der Waals surface area contributed by atoms with Gasteiger partial charge in [0.2, 0.25) is 0 Å². The smallest absolute Gasteiger partial charge is 0.261 e. The van der Waals surface area contributed by atoms with E-state index < -0.39 is 0 Å². The van der Waals surface area contributed by atoms with E-state index >= 15 is 0 Å². The maximum Gasteiger partial charge on any atom is 0.261 e. The average Bonchev–Trinajstić information content (AvgIpc) is 3.22. The largest absolute Gasteiger partial charge is 0.508 e. The maximum absolute atomic E-state index is 13.0. The number of aromatic nitrogens is 2. The van der Waals surface area contributed by atoms with Crippen molar-refractivity contribution in [1.82, 2.24) is 14.5 Å².